The lowest BCUT2D eigenvalue weighted by atomic mass is 10.1. The van der Waals surface area contributed by atoms with E-state index in [1.807, 2.05) is 0 Å². The summed E-state index contributed by atoms with van der Waals surface area (Å²) in [6, 6.07) is 14.8. The van der Waals surface area contributed by atoms with Crippen molar-refractivity contribution in [2.24, 2.45) is 0 Å². The van der Waals surface area contributed by atoms with Crippen molar-refractivity contribution in [2.75, 3.05) is 12.4 Å². The second-order valence-electron chi connectivity index (χ2n) is 6.93. The topological polar surface area (TPSA) is 149 Å². The van der Waals surface area contributed by atoms with E-state index in [9.17, 15) is 28.6 Å². The van der Waals surface area contributed by atoms with Crippen molar-refractivity contribution >= 4 is 56.7 Å². The highest BCUT2D eigenvalue weighted by Crippen LogP contribution is 2.33. The SMILES string of the molecule is COc1cc(/C=C(\C#N)C(=O)Nc2ccc(Cl)c(Cl)c2)ccc1OS(=O)(=O)c1ccccc1[N+](=O)[O-]. The van der Waals surface area contributed by atoms with Gasteiger partial charge >= 0.3 is 10.1 Å². The lowest BCUT2D eigenvalue weighted by Crippen LogP contribution is -2.13. The second-order valence-corrected chi connectivity index (χ2v) is 9.25. The number of carbonyl (C=O) groups excluding carboxylic acids is 1. The molecule has 0 atom stereocenters. The first-order chi connectivity index (χ1) is 17.1. The summed E-state index contributed by atoms with van der Waals surface area (Å²) in [7, 11) is -3.35. The Bertz CT molecular complexity index is 1530. The lowest BCUT2D eigenvalue weighted by molar-refractivity contribution is -0.387. The predicted molar refractivity (Wildman–Crippen MR) is 133 cm³/mol. The third-order valence-electron chi connectivity index (χ3n) is 4.57. The summed E-state index contributed by atoms with van der Waals surface area (Å²) >= 11 is 11.8. The fourth-order valence-corrected chi connectivity index (χ4v) is 4.32. The van der Waals surface area contributed by atoms with Gasteiger partial charge in [-0.2, -0.15) is 13.7 Å². The van der Waals surface area contributed by atoms with Gasteiger partial charge in [-0.1, -0.05) is 41.4 Å². The van der Waals surface area contributed by atoms with E-state index in [2.05, 4.69) is 5.32 Å². The van der Waals surface area contributed by atoms with Crippen LogP contribution in [0.5, 0.6) is 11.5 Å². The number of halogens is 2. The van der Waals surface area contributed by atoms with Gasteiger partial charge in [0, 0.05) is 11.8 Å². The molecule has 3 aromatic rings. The maximum atomic E-state index is 12.7. The number of nitro groups is 1. The molecule has 3 aromatic carbocycles. The number of nitro benzene ring substituents is 1. The molecule has 0 radical (unpaired) electrons. The molecule has 0 aromatic heterocycles. The van der Waals surface area contributed by atoms with Gasteiger partial charge in [-0.15, -0.1) is 0 Å². The van der Waals surface area contributed by atoms with Crippen molar-refractivity contribution in [1.82, 2.24) is 0 Å². The van der Waals surface area contributed by atoms with E-state index < -0.39 is 31.5 Å². The number of amides is 1. The summed E-state index contributed by atoms with van der Waals surface area (Å²) in [6.07, 6.45) is 1.25. The average molecular weight is 548 g/mol. The number of carbonyl (C=O) groups is 1. The Morgan fingerprint density at radius 3 is 2.44 bits per heavy atom. The third-order valence-corrected chi connectivity index (χ3v) is 6.59. The molecule has 0 spiro atoms. The second kappa shape index (κ2) is 11.1. The van der Waals surface area contributed by atoms with Crippen molar-refractivity contribution < 1.29 is 27.1 Å². The minimum absolute atomic E-state index is 0.0620. The fourth-order valence-electron chi connectivity index (χ4n) is 2.91. The molecule has 0 fully saturated rings. The molecule has 0 saturated carbocycles. The number of rotatable bonds is 8. The van der Waals surface area contributed by atoms with E-state index >= 15 is 0 Å². The van der Waals surface area contributed by atoms with Gasteiger partial charge in [0.15, 0.2) is 16.4 Å². The van der Waals surface area contributed by atoms with Crippen LogP contribution in [0.25, 0.3) is 6.08 Å². The minimum Gasteiger partial charge on any atom is -0.493 e. The van der Waals surface area contributed by atoms with E-state index in [1.165, 1.54) is 61.7 Å². The number of anilines is 1. The van der Waals surface area contributed by atoms with E-state index in [1.54, 1.807) is 6.07 Å². The molecule has 10 nitrogen and oxygen atoms in total. The molecular weight excluding hydrogens is 533 g/mol. The predicted octanol–water partition coefficient (Wildman–Crippen LogP) is 5.22. The zero-order chi connectivity index (χ0) is 26.5. The molecule has 0 bridgehead atoms. The van der Waals surface area contributed by atoms with Crippen LogP contribution in [-0.4, -0.2) is 26.4 Å². The van der Waals surface area contributed by atoms with Gasteiger partial charge in [-0.3, -0.25) is 14.9 Å². The molecule has 1 N–H and O–H groups in total. The summed E-state index contributed by atoms with van der Waals surface area (Å²) in [5.41, 5.74) is -0.299. The largest absolute Gasteiger partial charge is 0.493 e. The quantitative estimate of drug-likeness (QED) is 0.132. The lowest BCUT2D eigenvalue weighted by Gasteiger charge is -2.12. The molecule has 0 heterocycles. The van der Waals surface area contributed by atoms with Crippen LogP contribution in [0.2, 0.25) is 10.0 Å². The Hall–Kier alpha value is -4.11. The Morgan fingerprint density at radius 2 is 1.81 bits per heavy atom. The van der Waals surface area contributed by atoms with Crippen LogP contribution in [0.4, 0.5) is 11.4 Å². The first kappa shape index (κ1) is 26.5. The van der Waals surface area contributed by atoms with E-state index in [4.69, 9.17) is 32.1 Å². The van der Waals surface area contributed by atoms with Gasteiger partial charge in [0.05, 0.1) is 22.1 Å². The summed E-state index contributed by atoms with van der Waals surface area (Å²) in [5.74, 6) is -1.05. The number of ether oxygens (including phenoxy) is 1. The van der Waals surface area contributed by atoms with Crippen molar-refractivity contribution in [3.63, 3.8) is 0 Å². The van der Waals surface area contributed by atoms with E-state index in [0.717, 1.165) is 12.1 Å². The molecule has 0 aliphatic rings. The zero-order valence-corrected chi connectivity index (χ0v) is 20.6. The number of nitrogens with zero attached hydrogens (tertiary/aromatic N) is 2. The van der Waals surface area contributed by atoms with Crippen molar-refractivity contribution in [3.05, 3.63) is 92.0 Å². The van der Waals surface area contributed by atoms with Crippen LogP contribution < -0.4 is 14.2 Å². The first-order valence-electron chi connectivity index (χ1n) is 9.80. The van der Waals surface area contributed by atoms with Gasteiger partial charge in [0.1, 0.15) is 11.6 Å². The highest BCUT2D eigenvalue weighted by Gasteiger charge is 2.28. The molecule has 0 aliphatic heterocycles. The maximum absolute atomic E-state index is 12.7. The third kappa shape index (κ3) is 6.11. The summed E-state index contributed by atoms with van der Waals surface area (Å²) in [4.78, 5) is 22.3. The first-order valence-corrected chi connectivity index (χ1v) is 12.0. The zero-order valence-electron chi connectivity index (χ0n) is 18.3. The van der Waals surface area contributed by atoms with Gasteiger partial charge < -0.3 is 14.2 Å². The number of benzene rings is 3. The Morgan fingerprint density at radius 1 is 1.08 bits per heavy atom. The van der Waals surface area contributed by atoms with Crippen LogP contribution >= 0.6 is 23.2 Å². The molecule has 0 aliphatic carbocycles. The maximum Gasteiger partial charge on any atom is 0.346 e. The van der Waals surface area contributed by atoms with Gasteiger partial charge in [0.25, 0.3) is 11.6 Å². The van der Waals surface area contributed by atoms with E-state index in [-0.39, 0.29) is 22.1 Å². The summed E-state index contributed by atoms with van der Waals surface area (Å²) in [5, 5.41) is 23.7. The Labute approximate surface area is 215 Å². The van der Waals surface area contributed by atoms with Crippen molar-refractivity contribution in [1.29, 1.82) is 5.26 Å². The Balaban J connectivity index is 1.88. The number of hydrogen-bond acceptors (Lipinski definition) is 8. The number of nitrogens with one attached hydrogen (secondary N) is 1. The van der Waals surface area contributed by atoms with Gasteiger partial charge in [-0.25, -0.2) is 0 Å². The van der Waals surface area contributed by atoms with E-state index in [0.29, 0.717) is 16.3 Å². The molecule has 0 unspecified atom stereocenters. The van der Waals surface area contributed by atoms with Crippen LogP contribution in [0.15, 0.2) is 71.1 Å². The van der Waals surface area contributed by atoms with Crippen LogP contribution in [-0.2, 0) is 14.9 Å². The Kier molecular flexibility index (Phi) is 8.16. The standard InChI is InChI=1S/C23H15Cl2N3O7S/c1-34-21-11-14(10-15(13-26)23(29)27-16-7-8-17(24)18(25)12-16)6-9-20(21)35-36(32,33)22-5-3-2-4-19(22)28(30)31/h2-12H,1H3,(H,27,29)/b15-10+. The highest BCUT2D eigenvalue weighted by atomic mass is 35.5. The molecule has 36 heavy (non-hydrogen) atoms. The fraction of sp³-hybridized carbons (Fsp3) is 0.0435. The normalized spacial score (nSPS) is 11.3. The van der Waals surface area contributed by atoms with Gasteiger partial charge in [-0.05, 0) is 48.0 Å². The molecule has 1 amide bonds. The average Bonchev–Trinajstić information content (AvgIpc) is 2.85. The van der Waals surface area contributed by atoms with Crippen LogP contribution in [0.3, 0.4) is 0 Å². The molecule has 13 heteroatoms. The number of para-hydroxylation sites is 1. The monoisotopic (exact) mass is 547 g/mol. The number of nitriles is 1. The summed E-state index contributed by atoms with van der Waals surface area (Å²) in [6.45, 7) is 0. The summed E-state index contributed by atoms with van der Waals surface area (Å²) < 4.78 is 35.7. The highest BCUT2D eigenvalue weighted by molar-refractivity contribution is 7.87. The number of hydrogen-bond donors (Lipinski definition) is 1. The molecular formula is C23H15Cl2N3O7S. The van der Waals surface area contributed by atoms with Crippen molar-refractivity contribution in [3.8, 4) is 17.6 Å². The molecule has 0 saturated heterocycles. The molecule has 3 rings (SSSR count). The minimum atomic E-state index is -4.59. The smallest absolute Gasteiger partial charge is 0.346 e. The van der Waals surface area contributed by atoms with Crippen LogP contribution in [0, 0.1) is 21.4 Å². The molecule has 184 valence electrons. The number of methoxy groups -OCH3 is 1. The van der Waals surface area contributed by atoms with Gasteiger partial charge in [0.2, 0.25) is 0 Å². The van der Waals surface area contributed by atoms with Crippen molar-refractivity contribution in [2.45, 2.75) is 4.90 Å². The van der Waals surface area contributed by atoms with Crippen LogP contribution in [0.1, 0.15) is 5.56 Å².